The summed E-state index contributed by atoms with van der Waals surface area (Å²) in [5.41, 5.74) is 4.92. The van der Waals surface area contributed by atoms with Crippen LogP contribution < -0.4 is 4.90 Å². The molecule has 0 aliphatic rings. The van der Waals surface area contributed by atoms with Gasteiger partial charge in [-0.15, -0.1) is 0 Å². The molecule has 0 aliphatic carbocycles. The van der Waals surface area contributed by atoms with Crippen LogP contribution in [-0.4, -0.2) is 35.2 Å². The van der Waals surface area contributed by atoms with Gasteiger partial charge in [-0.05, 0) is 48.0 Å². The van der Waals surface area contributed by atoms with Crippen molar-refractivity contribution in [2.24, 2.45) is 4.99 Å². The number of non-ortho nitro benzene ring substituents is 1. The fourth-order valence-corrected chi connectivity index (χ4v) is 3.28. The van der Waals surface area contributed by atoms with Crippen molar-refractivity contribution in [1.82, 2.24) is 9.97 Å². The summed E-state index contributed by atoms with van der Waals surface area (Å²) in [6, 6.07) is 23.4. The van der Waals surface area contributed by atoms with Crippen molar-refractivity contribution >= 4 is 35.1 Å². The van der Waals surface area contributed by atoms with Gasteiger partial charge in [-0.25, -0.2) is 15.0 Å². The molecule has 0 radical (unpaired) electrons. The third-order valence-electron chi connectivity index (χ3n) is 4.97. The molecular weight excluding hydrogens is 438 g/mol. The van der Waals surface area contributed by atoms with Crippen LogP contribution in [0.5, 0.6) is 0 Å². The van der Waals surface area contributed by atoms with Crippen LogP contribution in [0.1, 0.15) is 5.56 Å². The highest BCUT2D eigenvalue weighted by Crippen LogP contribution is 2.28. The molecule has 0 fully saturated rings. The second kappa shape index (κ2) is 9.58. The maximum absolute atomic E-state index is 11.0. The van der Waals surface area contributed by atoms with E-state index in [1.807, 2.05) is 61.5 Å². The SMILES string of the molecule is CN(C)c1ccc(-c2cc(-c3ccc([N+](=O)[O-])cc3)nc(/N=C/c3ccc(Cl)cc3)n2)cc1. The molecule has 3 aromatic carbocycles. The van der Waals surface area contributed by atoms with Crippen LogP contribution in [0.2, 0.25) is 5.02 Å². The summed E-state index contributed by atoms with van der Waals surface area (Å²) < 4.78 is 0. The fourth-order valence-electron chi connectivity index (χ4n) is 3.15. The standard InChI is InChI=1S/C25H20ClN5O2/c1-30(2)21-11-5-18(6-12-21)23-15-24(19-7-13-22(14-8-19)31(32)33)29-25(28-23)27-16-17-3-9-20(26)10-4-17/h3-16H,1-2H3/b27-16+. The zero-order valence-electron chi connectivity index (χ0n) is 18.0. The molecule has 33 heavy (non-hydrogen) atoms. The van der Waals surface area contributed by atoms with Gasteiger partial charge in [0.15, 0.2) is 0 Å². The summed E-state index contributed by atoms with van der Waals surface area (Å²) in [6.07, 6.45) is 1.67. The normalized spacial score (nSPS) is 11.0. The Morgan fingerprint density at radius 1 is 0.879 bits per heavy atom. The summed E-state index contributed by atoms with van der Waals surface area (Å²) in [7, 11) is 3.96. The minimum Gasteiger partial charge on any atom is -0.378 e. The van der Waals surface area contributed by atoms with Crippen LogP contribution in [0, 0.1) is 10.1 Å². The van der Waals surface area contributed by atoms with E-state index < -0.39 is 4.92 Å². The molecule has 0 N–H and O–H groups in total. The quantitative estimate of drug-likeness (QED) is 0.196. The lowest BCUT2D eigenvalue weighted by molar-refractivity contribution is -0.384. The van der Waals surface area contributed by atoms with Crippen LogP contribution in [0.4, 0.5) is 17.3 Å². The van der Waals surface area contributed by atoms with E-state index in [0.29, 0.717) is 16.4 Å². The Morgan fingerprint density at radius 2 is 1.42 bits per heavy atom. The predicted molar refractivity (Wildman–Crippen MR) is 133 cm³/mol. The van der Waals surface area contributed by atoms with Crippen molar-refractivity contribution in [1.29, 1.82) is 0 Å². The lowest BCUT2D eigenvalue weighted by atomic mass is 10.1. The molecule has 0 amide bonds. The minimum atomic E-state index is -0.427. The fraction of sp³-hybridized carbons (Fsp3) is 0.0800. The Bertz CT molecular complexity index is 1300. The van der Waals surface area contributed by atoms with Gasteiger partial charge >= 0.3 is 0 Å². The van der Waals surface area contributed by atoms with Crippen LogP contribution >= 0.6 is 11.6 Å². The molecule has 0 bridgehead atoms. The molecule has 164 valence electrons. The highest BCUT2D eigenvalue weighted by atomic mass is 35.5. The van der Waals surface area contributed by atoms with E-state index in [1.54, 1.807) is 30.5 Å². The summed E-state index contributed by atoms with van der Waals surface area (Å²) in [5, 5.41) is 11.7. The van der Waals surface area contributed by atoms with Gasteiger partial charge in [-0.3, -0.25) is 10.1 Å². The zero-order valence-corrected chi connectivity index (χ0v) is 18.8. The largest absolute Gasteiger partial charge is 0.378 e. The first-order valence-corrected chi connectivity index (χ1v) is 10.5. The van der Waals surface area contributed by atoms with Crippen molar-refractivity contribution in [2.45, 2.75) is 0 Å². The highest BCUT2D eigenvalue weighted by molar-refractivity contribution is 6.30. The molecule has 0 aliphatic heterocycles. The predicted octanol–water partition coefficient (Wildman–Crippen LogP) is 6.19. The van der Waals surface area contributed by atoms with E-state index in [1.165, 1.54) is 12.1 Å². The van der Waals surface area contributed by atoms with Crippen molar-refractivity contribution in [3.63, 3.8) is 0 Å². The maximum Gasteiger partial charge on any atom is 0.269 e. The molecule has 1 aromatic heterocycles. The third kappa shape index (κ3) is 5.39. The Morgan fingerprint density at radius 3 is 1.94 bits per heavy atom. The van der Waals surface area contributed by atoms with Gasteiger partial charge in [0.05, 0.1) is 16.3 Å². The number of rotatable bonds is 6. The molecule has 0 unspecified atom stereocenters. The summed E-state index contributed by atoms with van der Waals surface area (Å²) >= 11 is 5.95. The van der Waals surface area contributed by atoms with E-state index in [-0.39, 0.29) is 11.6 Å². The molecular formula is C25H20ClN5O2. The van der Waals surface area contributed by atoms with E-state index in [9.17, 15) is 10.1 Å². The molecule has 4 aromatic rings. The number of aromatic nitrogens is 2. The van der Waals surface area contributed by atoms with Gasteiger partial charge in [0.25, 0.3) is 5.69 Å². The molecule has 0 atom stereocenters. The molecule has 0 spiro atoms. The highest BCUT2D eigenvalue weighted by Gasteiger charge is 2.11. The molecule has 4 rings (SSSR count). The Kier molecular flexibility index (Phi) is 6.42. The zero-order chi connectivity index (χ0) is 23.4. The topological polar surface area (TPSA) is 84.5 Å². The van der Waals surface area contributed by atoms with E-state index in [0.717, 1.165) is 22.4 Å². The second-order valence-corrected chi connectivity index (χ2v) is 7.93. The minimum absolute atomic E-state index is 0.0216. The number of hydrogen-bond acceptors (Lipinski definition) is 6. The van der Waals surface area contributed by atoms with Crippen molar-refractivity contribution in [3.8, 4) is 22.5 Å². The maximum atomic E-state index is 11.0. The van der Waals surface area contributed by atoms with E-state index in [4.69, 9.17) is 11.6 Å². The van der Waals surface area contributed by atoms with Crippen molar-refractivity contribution in [2.75, 3.05) is 19.0 Å². The smallest absolute Gasteiger partial charge is 0.269 e. The molecule has 0 saturated heterocycles. The monoisotopic (exact) mass is 457 g/mol. The molecule has 8 heteroatoms. The lowest BCUT2D eigenvalue weighted by Gasteiger charge is -2.13. The van der Waals surface area contributed by atoms with Gasteiger partial charge in [-0.1, -0.05) is 35.9 Å². The molecule has 1 heterocycles. The van der Waals surface area contributed by atoms with Gasteiger partial charge in [0.1, 0.15) is 0 Å². The number of halogens is 1. The van der Waals surface area contributed by atoms with Crippen LogP contribution in [-0.2, 0) is 0 Å². The number of benzene rings is 3. The van der Waals surface area contributed by atoms with E-state index in [2.05, 4.69) is 15.0 Å². The first-order valence-electron chi connectivity index (χ1n) is 10.1. The number of aliphatic imine (C=N–C) groups is 1. The van der Waals surface area contributed by atoms with Crippen molar-refractivity contribution < 1.29 is 4.92 Å². The van der Waals surface area contributed by atoms with Crippen molar-refractivity contribution in [3.05, 3.63) is 99.6 Å². The van der Waals surface area contributed by atoms with Crippen LogP contribution in [0.25, 0.3) is 22.5 Å². The van der Waals surface area contributed by atoms with Gasteiger partial charge in [0, 0.05) is 54.3 Å². The van der Waals surface area contributed by atoms with E-state index >= 15 is 0 Å². The third-order valence-corrected chi connectivity index (χ3v) is 5.22. The summed E-state index contributed by atoms with van der Waals surface area (Å²) in [4.78, 5) is 26.3. The summed E-state index contributed by atoms with van der Waals surface area (Å²) in [6.45, 7) is 0. The number of hydrogen-bond donors (Lipinski definition) is 0. The average molecular weight is 458 g/mol. The average Bonchev–Trinajstić information content (AvgIpc) is 2.83. The Balaban J connectivity index is 1.76. The number of nitro benzene ring substituents is 1. The van der Waals surface area contributed by atoms with Crippen LogP contribution in [0.3, 0.4) is 0 Å². The lowest BCUT2D eigenvalue weighted by Crippen LogP contribution is -2.07. The number of nitro groups is 1. The van der Waals surface area contributed by atoms with Gasteiger partial charge in [-0.2, -0.15) is 0 Å². The second-order valence-electron chi connectivity index (χ2n) is 7.49. The van der Waals surface area contributed by atoms with Gasteiger partial charge < -0.3 is 4.90 Å². The van der Waals surface area contributed by atoms with Crippen LogP contribution in [0.15, 0.2) is 83.9 Å². The van der Waals surface area contributed by atoms with Gasteiger partial charge in [0.2, 0.25) is 5.95 Å². The number of nitrogens with zero attached hydrogens (tertiary/aromatic N) is 5. The molecule has 7 nitrogen and oxygen atoms in total. The first kappa shape index (κ1) is 22.1. The Labute approximate surface area is 196 Å². The summed E-state index contributed by atoms with van der Waals surface area (Å²) in [5.74, 6) is 0.285. The first-order chi connectivity index (χ1) is 15.9. The molecule has 0 saturated carbocycles. The number of anilines is 1. The Hall–Kier alpha value is -4.10.